The molecule has 0 aromatic carbocycles. The van der Waals surface area contributed by atoms with Crippen molar-refractivity contribution >= 4 is 22.6 Å². The van der Waals surface area contributed by atoms with Gasteiger partial charge >= 0.3 is 0 Å². The highest BCUT2D eigenvalue weighted by Crippen LogP contribution is 2.51. The summed E-state index contributed by atoms with van der Waals surface area (Å²) in [5.41, 5.74) is 0.249. The first kappa shape index (κ1) is 15.3. The summed E-state index contributed by atoms with van der Waals surface area (Å²) in [4.78, 5) is 8.39. The molecule has 0 radical (unpaired) electrons. The van der Waals surface area contributed by atoms with E-state index in [1.165, 1.54) is 6.33 Å². The van der Waals surface area contributed by atoms with E-state index in [1.807, 2.05) is 30.7 Å². The molecule has 2 saturated heterocycles. The number of ether oxygens (including phenoxy) is 3. The number of fused-ring (bicyclic) bond motifs is 2. The van der Waals surface area contributed by atoms with Crippen molar-refractivity contribution in [2.45, 2.75) is 63.9 Å². The minimum atomic E-state index is -0.634. The van der Waals surface area contributed by atoms with Gasteiger partial charge < -0.3 is 18.8 Å². The van der Waals surface area contributed by atoms with Gasteiger partial charge in [0.25, 0.3) is 0 Å². The molecule has 0 amide bonds. The third-order valence-electron chi connectivity index (χ3n) is 4.75. The van der Waals surface area contributed by atoms with Crippen LogP contribution in [0.3, 0.4) is 0 Å². The maximum absolute atomic E-state index is 6.28. The first-order valence-corrected chi connectivity index (χ1v) is 8.24. The summed E-state index contributed by atoms with van der Waals surface area (Å²) in [5.74, 6) is -0.634. The average molecular weight is 338 g/mol. The van der Waals surface area contributed by atoms with Gasteiger partial charge in [0.1, 0.15) is 28.8 Å². The molecule has 2 aromatic rings. The normalized spacial score (nSPS) is 35.8. The summed E-state index contributed by atoms with van der Waals surface area (Å²) in [6, 6.07) is 1.90. The van der Waals surface area contributed by atoms with E-state index in [-0.39, 0.29) is 18.4 Å². The topological polar surface area (TPSA) is 58.4 Å². The molecule has 4 atom stereocenters. The largest absolute Gasteiger partial charge is 0.349 e. The lowest BCUT2D eigenvalue weighted by molar-refractivity contribution is -0.210. The highest BCUT2D eigenvalue weighted by molar-refractivity contribution is 6.33. The van der Waals surface area contributed by atoms with Crippen LogP contribution < -0.4 is 0 Å². The Morgan fingerprint density at radius 1 is 1.30 bits per heavy atom. The Kier molecular flexibility index (Phi) is 3.26. The van der Waals surface area contributed by atoms with Gasteiger partial charge in [0.2, 0.25) is 0 Å². The van der Waals surface area contributed by atoms with Crippen molar-refractivity contribution in [2.24, 2.45) is 0 Å². The standard InChI is InChI=1S/C16H20ClN3O3/c1-5-10-16(4)11(22-15(2,3)23-16)14(21-10)20-7-6-9-12(17)18-8-19-13(9)20/h6-8,10-11,14H,5H2,1-4H3/t10-,11+,14-,16-/m1/s1. The van der Waals surface area contributed by atoms with Crippen LogP contribution in [-0.2, 0) is 14.2 Å². The smallest absolute Gasteiger partial charge is 0.165 e. The molecule has 4 rings (SSSR count). The van der Waals surface area contributed by atoms with Gasteiger partial charge in [-0.15, -0.1) is 0 Å². The van der Waals surface area contributed by atoms with Crippen molar-refractivity contribution < 1.29 is 14.2 Å². The molecular weight excluding hydrogens is 318 g/mol. The van der Waals surface area contributed by atoms with Gasteiger partial charge in [-0.25, -0.2) is 9.97 Å². The van der Waals surface area contributed by atoms with Crippen LogP contribution in [0.15, 0.2) is 18.6 Å². The number of hydrogen-bond donors (Lipinski definition) is 0. The zero-order valence-corrected chi connectivity index (χ0v) is 14.4. The van der Waals surface area contributed by atoms with Crippen molar-refractivity contribution in [3.63, 3.8) is 0 Å². The monoisotopic (exact) mass is 337 g/mol. The summed E-state index contributed by atoms with van der Waals surface area (Å²) in [6.45, 7) is 8.03. The molecule has 124 valence electrons. The highest BCUT2D eigenvalue weighted by atomic mass is 35.5. The Bertz CT molecular complexity index is 762. The molecule has 0 N–H and O–H groups in total. The number of hydrogen-bond acceptors (Lipinski definition) is 5. The van der Waals surface area contributed by atoms with Crippen LogP contribution in [0.2, 0.25) is 5.15 Å². The molecule has 0 unspecified atom stereocenters. The van der Waals surface area contributed by atoms with Gasteiger partial charge in [-0.3, -0.25) is 0 Å². The van der Waals surface area contributed by atoms with Crippen LogP contribution >= 0.6 is 11.6 Å². The van der Waals surface area contributed by atoms with Gasteiger partial charge in [-0.1, -0.05) is 18.5 Å². The van der Waals surface area contributed by atoms with Crippen molar-refractivity contribution in [2.75, 3.05) is 0 Å². The van der Waals surface area contributed by atoms with E-state index >= 15 is 0 Å². The van der Waals surface area contributed by atoms with E-state index < -0.39 is 11.4 Å². The quantitative estimate of drug-likeness (QED) is 0.787. The molecule has 2 aromatic heterocycles. The molecule has 0 bridgehead atoms. The molecule has 7 heteroatoms. The zero-order valence-electron chi connectivity index (χ0n) is 13.6. The average Bonchev–Trinajstić information content (AvgIpc) is 3.07. The summed E-state index contributed by atoms with van der Waals surface area (Å²) < 4.78 is 20.6. The lowest BCUT2D eigenvalue weighted by Crippen LogP contribution is -2.43. The van der Waals surface area contributed by atoms with Crippen LogP contribution in [-0.4, -0.2) is 38.1 Å². The fourth-order valence-electron chi connectivity index (χ4n) is 3.86. The van der Waals surface area contributed by atoms with E-state index in [2.05, 4.69) is 23.8 Å². The van der Waals surface area contributed by atoms with Crippen molar-refractivity contribution in [3.05, 3.63) is 23.7 Å². The van der Waals surface area contributed by atoms with Crippen molar-refractivity contribution in [1.82, 2.24) is 14.5 Å². The van der Waals surface area contributed by atoms with E-state index in [4.69, 9.17) is 25.8 Å². The molecule has 0 saturated carbocycles. The third-order valence-corrected chi connectivity index (χ3v) is 5.05. The van der Waals surface area contributed by atoms with Gasteiger partial charge in [-0.05, 0) is 33.3 Å². The molecule has 2 aliphatic heterocycles. The number of nitrogens with zero attached hydrogens (tertiary/aromatic N) is 3. The molecule has 23 heavy (non-hydrogen) atoms. The third kappa shape index (κ3) is 2.12. The lowest BCUT2D eigenvalue weighted by atomic mass is 9.93. The second-order valence-corrected chi connectivity index (χ2v) is 7.13. The predicted octanol–water partition coefficient (Wildman–Crippen LogP) is 3.30. The molecule has 0 spiro atoms. The minimum absolute atomic E-state index is 0.0472. The van der Waals surface area contributed by atoms with Gasteiger partial charge in [0.05, 0.1) is 11.5 Å². The zero-order chi connectivity index (χ0) is 16.4. The Hall–Kier alpha value is -1.21. The van der Waals surface area contributed by atoms with Crippen molar-refractivity contribution in [1.29, 1.82) is 0 Å². The van der Waals surface area contributed by atoms with E-state index in [0.29, 0.717) is 5.15 Å². The molecular formula is C16H20ClN3O3. The number of rotatable bonds is 2. The second-order valence-electron chi connectivity index (χ2n) is 6.77. The maximum Gasteiger partial charge on any atom is 0.165 e. The Morgan fingerprint density at radius 2 is 2.09 bits per heavy atom. The fourth-order valence-corrected chi connectivity index (χ4v) is 4.05. The van der Waals surface area contributed by atoms with Gasteiger partial charge in [0.15, 0.2) is 12.0 Å². The second kappa shape index (κ2) is 4.89. The number of halogens is 1. The summed E-state index contributed by atoms with van der Waals surface area (Å²) >= 11 is 6.16. The van der Waals surface area contributed by atoms with Crippen LogP contribution in [0, 0.1) is 0 Å². The Morgan fingerprint density at radius 3 is 2.83 bits per heavy atom. The first-order valence-electron chi connectivity index (χ1n) is 7.86. The Balaban J connectivity index is 1.81. The highest BCUT2D eigenvalue weighted by Gasteiger charge is 2.63. The van der Waals surface area contributed by atoms with Gasteiger partial charge in [-0.2, -0.15) is 0 Å². The fraction of sp³-hybridized carbons (Fsp3) is 0.625. The lowest BCUT2D eigenvalue weighted by Gasteiger charge is -2.28. The van der Waals surface area contributed by atoms with Gasteiger partial charge in [0, 0.05) is 6.20 Å². The number of aromatic nitrogens is 3. The summed E-state index contributed by atoms with van der Waals surface area (Å²) in [6.07, 6.45) is 3.65. The van der Waals surface area contributed by atoms with E-state index in [0.717, 1.165) is 17.5 Å². The molecule has 2 fully saturated rings. The molecule has 0 aliphatic carbocycles. The Labute approximate surface area is 139 Å². The molecule has 4 heterocycles. The van der Waals surface area contributed by atoms with Crippen LogP contribution in [0.1, 0.15) is 40.3 Å². The van der Waals surface area contributed by atoms with Crippen molar-refractivity contribution in [3.8, 4) is 0 Å². The first-order chi connectivity index (χ1) is 10.9. The van der Waals surface area contributed by atoms with Crippen LogP contribution in [0.5, 0.6) is 0 Å². The molecule has 2 aliphatic rings. The predicted molar refractivity (Wildman–Crippen MR) is 85.2 cm³/mol. The van der Waals surface area contributed by atoms with Crippen LogP contribution in [0.25, 0.3) is 11.0 Å². The van der Waals surface area contributed by atoms with E-state index in [9.17, 15) is 0 Å². The maximum atomic E-state index is 6.28. The molecule has 6 nitrogen and oxygen atoms in total. The summed E-state index contributed by atoms with van der Waals surface area (Å²) in [5, 5.41) is 1.24. The van der Waals surface area contributed by atoms with E-state index in [1.54, 1.807) is 0 Å². The van der Waals surface area contributed by atoms with Crippen LogP contribution in [0.4, 0.5) is 0 Å². The SMILES string of the molecule is CC[C@H]1O[C@@H](n2ccc3c(Cl)ncnc32)[C@@H]2OC(C)(C)O[C@]12C. The minimum Gasteiger partial charge on any atom is -0.349 e. The summed E-state index contributed by atoms with van der Waals surface area (Å²) in [7, 11) is 0.